The van der Waals surface area contributed by atoms with Gasteiger partial charge in [0, 0.05) is 42.5 Å². The quantitative estimate of drug-likeness (QED) is 0.227. The molecule has 0 saturated carbocycles. The van der Waals surface area contributed by atoms with E-state index in [1.807, 2.05) is 72.9 Å². The predicted molar refractivity (Wildman–Crippen MR) is 163 cm³/mol. The number of benzene rings is 3. The van der Waals surface area contributed by atoms with Crippen molar-refractivity contribution in [1.82, 2.24) is 9.88 Å². The van der Waals surface area contributed by atoms with E-state index in [4.69, 9.17) is 0 Å². The number of pyridine rings is 1. The zero-order valence-electron chi connectivity index (χ0n) is 23.8. The van der Waals surface area contributed by atoms with Crippen LogP contribution in [0.25, 0.3) is 21.7 Å². The maximum absolute atomic E-state index is 10.9. The van der Waals surface area contributed by atoms with Crippen LogP contribution in [0.5, 0.6) is 0 Å². The Hall–Kier alpha value is -3.16. The first-order valence-corrected chi connectivity index (χ1v) is 15.3. The Labute approximate surface area is 242 Å². The monoisotopic (exact) mass is 552 g/mol. The summed E-state index contributed by atoms with van der Waals surface area (Å²) in [5.41, 5.74) is 2.77. The molecule has 0 amide bonds. The number of rotatable bonds is 3. The van der Waals surface area contributed by atoms with Gasteiger partial charge in [0.25, 0.3) is 0 Å². The van der Waals surface area contributed by atoms with Gasteiger partial charge in [-0.15, -0.1) is 0 Å². The molecular weight excluding hydrogens is 510 g/mol. The van der Waals surface area contributed by atoms with Gasteiger partial charge in [-0.25, -0.2) is 5.21 Å². The zero-order chi connectivity index (χ0) is 28.2. The third-order valence-corrected chi connectivity index (χ3v) is 9.87. The van der Waals surface area contributed by atoms with Gasteiger partial charge in [0.2, 0.25) is 0 Å². The van der Waals surface area contributed by atoms with E-state index >= 15 is 0 Å². The Balaban J connectivity index is 0.000000122. The van der Waals surface area contributed by atoms with Gasteiger partial charge < -0.3 is 5.11 Å². The molecule has 4 bridgehead atoms. The van der Waals surface area contributed by atoms with Crippen LogP contribution in [-0.4, -0.2) is 69.9 Å². The summed E-state index contributed by atoms with van der Waals surface area (Å²) in [5.74, 6) is 1.77. The highest BCUT2D eigenvalue weighted by molar-refractivity contribution is 5.97. The molecule has 6 heteroatoms. The smallest absolute Gasteiger partial charge is 0.150 e. The van der Waals surface area contributed by atoms with Crippen molar-refractivity contribution in [2.24, 2.45) is 11.8 Å². The summed E-state index contributed by atoms with van der Waals surface area (Å²) in [4.78, 5) is 17.5. The van der Waals surface area contributed by atoms with Crippen molar-refractivity contribution in [2.45, 2.75) is 50.7 Å². The first-order valence-electron chi connectivity index (χ1n) is 15.3. The van der Waals surface area contributed by atoms with Gasteiger partial charge in [-0.2, -0.15) is 4.65 Å². The van der Waals surface area contributed by atoms with E-state index in [9.17, 15) is 15.1 Å². The van der Waals surface area contributed by atoms with E-state index < -0.39 is 6.10 Å². The number of nitrogens with zero attached hydrogens (tertiary/aromatic N) is 3. The minimum Gasteiger partial charge on any atom is -0.387 e. The average molecular weight is 553 g/mol. The van der Waals surface area contributed by atoms with E-state index in [1.54, 1.807) is 0 Å². The molecule has 3 aromatic carbocycles. The van der Waals surface area contributed by atoms with Crippen molar-refractivity contribution >= 4 is 28.0 Å². The molecule has 214 valence electrons. The normalized spacial score (nSPS) is 28.7. The fourth-order valence-corrected chi connectivity index (χ4v) is 7.31. The minimum absolute atomic E-state index is 0.285. The molecule has 10 rings (SSSR count). The molecule has 2 atom stereocenters. The number of quaternary nitrogens is 1. The Bertz CT molecular complexity index is 1450. The van der Waals surface area contributed by atoms with Crippen molar-refractivity contribution in [1.29, 1.82) is 0 Å². The lowest BCUT2D eigenvalue weighted by Gasteiger charge is -2.47. The number of carbonyl (C=O) groups excluding carboxylic acids is 1. The fraction of sp³-hybridized carbons (Fsp3) is 0.429. The summed E-state index contributed by atoms with van der Waals surface area (Å²) in [6.07, 6.45) is 9.84. The molecule has 6 nitrogen and oxygen atoms in total. The first kappa shape index (κ1) is 28.0. The van der Waals surface area contributed by atoms with E-state index in [-0.39, 0.29) is 6.04 Å². The van der Waals surface area contributed by atoms with E-state index in [0.29, 0.717) is 4.65 Å². The molecule has 6 aliphatic heterocycles. The Morgan fingerprint density at radius 1 is 0.805 bits per heavy atom. The van der Waals surface area contributed by atoms with Crippen molar-refractivity contribution in [3.63, 3.8) is 0 Å². The standard InChI is InChI=1S/C17H20N2O.C11H8O.C7H14NO/c20-17(16-11-12-6-9-19(16)10-7-12)14-5-8-18-15-4-2-1-3-13(14)15;12-8-10-6-3-5-9-4-1-2-7-11(9)10;9-8-4-1-7(2-5-8)3-6-8/h1-5,8,12,16-17,20H,6-7,9-11H2;1-8H;7,9H,1-6H2/q;;+1/t16-,17+;;/m1../s1. The van der Waals surface area contributed by atoms with E-state index in [0.717, 1.165) is 90.1 Å². The number of hydrogen-bond acceptors (Lipinski definition) is 5. The molecule has 1 aromatic heterocycles. The maximum Gasteiger partial charge on any atom is 0.150 e. The number of aliphatic hydroxyl groups excluding tert-OH is 1. The van der Waals surface area contributed by atoms with Crippen molar-refractivity contribution in [3.05, 3.63) is 90.1 Å². The molecule has 4 aromatic rings. The second-order valence-corrected chi connectivity index (χ2v) is 12.3. The molecule has 2 N–H and O–H groups in total. The van der Waals surface area contributed by atoms with Crippen LogP contribution in [0.3, 0.4) is 0 Å². The lowest BCUT2D eigenvalue weighted by Crippen LogP contribution is -2.55. The van der Waals surface area contributed by atoms with Gasteiger partial charge in [-0.1, -0.05) is 60.7 Å². The molecule has 0 radical (unpaired) electrons. The largest absolute Gasteiger partial charge is 0.387 e. The van der Waals surface area contributed by atoms with Gasteiger partial charge >= 0.3 is 0 Å². The molecule has 6 saturated heterocycles. The summed E-state index contributed by atoms with van der Waals surface area (Å²) >= 11 is 0. The van der Waals surface area contributed by atoms with E-state index in [1.165, 1.54) is 32.1 Å². The molecule has 0 aliphatic carbocycles. The summed E-state index contributed by atoms with van der Waals surface area (Å²) in [6, 6.07) is 24.0. The summed E-state index contributed by atoms with van der Waals surface area (Å²) in [5, 5.41) is 23.8. The molecule has 0 spiro atoms. The van der Waals surface area contributed by atoms with Crippen LogP contribution in [0.2, 0.25) is 0 Å². The molecule has 7 heterocycles. The number of hydrogen-bond donors (Lipinski definition) is 2. The SMILES string of the molecule is O=Cc1cccc2ccccc12.O[C@@H](c1ccnc2ccccc12)[C@H]1CC2CCN1CC2.O[N+]12CCC(CC1)CC2. The lowest BCUT2D eigenvalue weighted by molar-refractivity contribution is -1.11. The topological polar surface area (TPSA) is 73.7 Å². The highest BCUT2D eigenvalue weighted by atomic mass is 16.5. The third-order valence-electron chi connectivity index (χ3n) is 9.87. The molecular formula is C35H42N3O3+. The zero-order valence-corrected chi connectivity index (χ0v) is 23.8. The Morgan fingerprint density at radius 2 is 1.46 bits per heavy atom. The summed E-state index contributed by atoms with van der Waals surface area (Å²) in [7, 11) is 0. The Kier molecular flexibility index (Phi) is 8.45. The molecule has 0 unspecified atom stereocenters. The summed E-state index contributed by atoms with van der Waals surface area (Å²) in [6.45, 7) is 5.35. The Morgan fingerprint density at radius 3 is 2.10 bits per heavy atom. The van der Waals surface area contributed by atoms with Crippen LogP contribution in [0.15, 0.2) is 79.0 Å². The highest BCUT2D eigenvalue weighted by Crippen LogP contribution is 2.39. The minimum atomic E-state index is -0.397. The van der Waals surface area contributed by atoms with Gasteiger partial charge in [0.15, 0.2) is 6.29 Å². The van der Waals surface area contributed by atoms with Crippen LogP contribution in [-0.2, 0) is 0 Å². The van der Waals surface area contributed by atoms with Crippen LogP contribution < -0.4 is 0 Å². The molecule has 6 aliphatic rings. The number of para-hydroxylation sites is 1. The maximum atomic E-state index is 10.9. The van der Waals surface area contributed by atoms with E-state index in [2.05, 4.69) is 16.0 Å². The van der Waals surface area contributed by atoms with Crippen LogP contribution in [0, 0.1) is 11.8 Å². The lowest BCUT2D eigenvalue weighted by atomic mass is 9.80. The number of aliphatic hydroxyl groups is 1. The number of hydroxylamine groups is 3. The fourth-order valence-electron chi connectivity index (χ4n) is 7.31. The summed E-state index contributed by atoms with van der Waals surface area (Å²) < 4.78 is 0.385. The number of carbonyl (C=O) groups is 1. The first-order chi connectivity index (χ1) is 20.0. The molecule has 6 fully saturated rings. The second kappa shape index (κ2) is 12.4. The number of fused-ring (bicyclic) bond motifs is 8. The number of aldehydes is 1. The van der Waals surface area contributed by atoms with Gasteiger partial charge in [0.1, 0.15) is 19.6 Å². The highest BCUT2D eigenvalue weighted by Gasteiger charge is 2.39. The third kappa shape index (κ3) is 6.21. The van der Waals surface area contributed by atoms with Crippen LogP contribution in [0.4, 0.5) is 0 Å². The van der Waals surface area contributed by atoms with Crippen LogP contribution in [0.1, 0.15) is 60.6 Å². The predicted octanol–water partition coefficient (Wildman–Crippen LogP) is 6.41. The average Bonchev–Trinajstić information content (AvgIpc) is 3.05. The van der Waals surface area contributed by atoms with Crippen molar-refractivity contribution < 1.29 is 19.8 Å². The van der Waals surface area contributed by atoms with Gasteiger partial charge in [0.05, 0.1) is 11.6 Å². The van der Waals surface area contributed by atoms with Gasteiger partial charge in [-0.05, 0) is 72.7 Å². The molecule has 41 heavy (non-hydrogen) atoms. The van der Waals surface area contributed by atoms with Gasteiger partial charge in [-0.3, -0.25) is 14.7 Å². The van der Waals surface area contributed by atoms with Crippen molar-refractivity contribution in [3.8, 4) is 0 Å². The van der Waals surface area contributed by atoms with Crippen molar-refractivity contribution in [2.75, 3.05) is 32.7 Å². The number of aromatic nitrogens is 1. The number of piperidine rings is 6. The van der Waals surface area contributed by atoms with Crippen LogP contribution >= 0.6 is 0 Å². The second-order valence-electron chi connectivity index (χ2n) is 12.3.